The standard InChI is InChI=1S/C23H21N3O4S2/c1-15-11-12-16(13-19(15)26-32(29,30)17-7-3-2-4-8-17)24-22(27)14-21-23(28)25-18-9-5-6-10-20(18)31-21/h2-13,21,26H,14H2,1H3,(H,24,27)(H,25,28). The first kappa shape index (κ1) is 21.9. The molecule has 3 aromatic rings. The Hall–Kier alpha value is -3.30. The highest BCUT2D eigenvalue weighted by Crippen LogP contribution is 2.36. The number of carbonyl (C=O) groups excluding carboxylic acids is 2. The molecule has 3 N–H and O–H groups in total. The summed E-state index contributed by atoms with van der Waals surface area (Å²) in [7, 11) is -3.76. The largest absolute Gasteiger partial charge is 0.326 e. The molecule has 7 nitrogen and oxygen atoms in total. The molecule has 0 saturated heterocycles. The maximum absolute atomic E-state index is 12.6. The molecule has 1 atom stereocenters. The number of fused-ring (bicyclic) bond motifs is 1. The molecule has 1 aliphatic rings. The quantitative estimate of drug-likeness (QED) is 0.503. The van der Waals surface area contributed by atoms with Gasteiger partial charge in [0.25, 0.3) is 10.0 Å². The highest BCUT2D eigenvalue weighted by molar-refractivity contribution is 8.01. The van der Waals surface area contributed by atoms with Crippen molar-refractivity contribution in [3.05, 3.63) is 78.4 Å². The van der Waals surface area contributed by atoms with Gasteiger partial charge in [-0.05, 0) is 48.9 Å². The van der Waals surface area contributed by atoms with Crippen molar-refractivity contribution in [3.8, 4) is 0 Å². The van der Waals surface area contributed by atoms with Gasteiger partial charge in [-0.25, -0.2) is 8.42 Å². The summed E-state index contributed by atoms with van der Waals surface area (Å²) in [5, 5.41) is 5.03. The number of rotatable bonds is 6. The molecule has 1 heterocycles. The first-order valence-corrected chi connectivity index (χ1v) is 12.2. The topological polar surface area (TPSA) is 104 Å². The number of sulfonamides is 1. The number of amides is 2. The van der Waals surface area contributed by atoms with Crippen LogP contribution in [0.5, 0.6) is 0 Å². The van der Waals surface area contributed by atoms with Gasteiger partial charge in [0.05, 0.1) is 21.5 Å². The molecule has 0 radical (unpaired) electrons. The lowest BCUT2D eigenvalue weighted by Gasteiger charge is -2.23. The van der Waals surface area contributed by atoms with Crippen LogP contribution in [0.25, 0.3) is 0 Å². The number of thioether (sulfide) groups is 1. The van der Waals surface area contributed by atoms with Crippen LogP contribution in [0.3, 0.4) is 0 Å². The van der Waals surface area contributed by atoms with Gasteiger partial charge in [-0.2, -0.15) is 0 Å². The lowest BCUT2D eigenvalue weighted by molar-refractivity contribution is -0.120. The molecule has 4 rings (SSSR count). The molecule has 164 valence electrons. The van der Waals surface area contributed by atoms with Crippen molar-refractivity contribution in [1.29, 1.82) is 0 Å². The smallest absolute Gasteiger partial charge is 0.261 e. The minimum atomic E-state index is -3.76. The van der Waals surface area contributed by atoms with Crippen LogP contribution in [0, 0.1) is 6.92 Å². The number of benzene rings is 3. The lowest BCUT2D eigenvalue weighted by atomic mass is 10.2. The third-order valence-corrected chi connectivity index (χ3v) is 7.55. The maximum Gasteiger partial charge on any atom is 0.261 e. The second-order valence-corrected chi connectivity index (χ2v) is 10.2. The zero-order valence-corrected chi connectivity index (χ0v) is 18.8. The predicted molar refractivity (Wildman–Crippen MR) is 126 cm³/mol. The summed E-state index contributed by atoms with van der Waals surface area (Å²) < 4.78 is 27.9. The van der Waals surface area contributed by atoms with Gasteiger partial charge in [0.15, 0.2) is 0 Å². The molecular formula is C23H21N3O4S2. The van der Waals surface area contributed by atoms with E-state index >= 15 is 0 Å². The number of hydrogen-bond acceptors (Lipinski definition) is 5. The van der Waals surface area contributed by atoms with E-state index in [2.05, 4.69) is 15.4 Å². The van der Waals surface area contributed by atoms with E-state index in [0.29, 0.717) is 16.9 Å². The molecule has 0 bridgehead atoms. The molecule has 0 spiro atoms. The van der Waals surface area contributed by atoms with E-state index in [1.165, 1.54) is 23.9 Å². The lowest BCUT2D eigenvalue weighted by Crippen LogP contribution is -2.32. The molecular weight excluding hydrogens is 446 g/mol. The van der Waals surface area contributed by atoms with Crippen molar-refractivity contribution < 1.29 is 18.0 Å². The normalized spacial score (nSPS) is 15.4. The second-order valence-electron chi connectivity index (χ2n) is 7.29. The van der Waals surface area contributed by atoms with Gasteiger partial charge in [-0.3, -0.25) is 14.3 Å². The highest BCUT2D eigenvalue weighted by Gasteiger charge is 2.28. The minimum Gasteiger partial charge on any atom is -0.326 e. The Bertz CT molecular complexity index is 1280. The van der Waals surface area contributed by atoms with E-state index in [-0.39, 0.29) is 23.1 Å². The summed E-state index contributed by atoms with van der Waals surface area (Å²) in [6.07, 6.45) is -0.0101. The second kappa shape index (κ2) is 9.05. The van der Waals surface area contributed by atoms with Crippen LogP contribution in [0.15, 0.2) is 82.6 Å². The van der Waals surface area contributed by atoms with Gasteiger partial charge in [0.2, 0.25) is 11.8 Å². The maximum atomic E-state index is 12.6. The number of para-hydroxylation sites is 1. The van der Waals surface area contributed by atoms with Gasteiger partial charge in [0.1, 0.15) is 0 Å². The first-order valence-electron chi connectivity index (χ1n) is 9.87. The van der Waals surface area contributed by atoms with Gasteiger partial charge >= 0.3 is 0 Å². The summed E-state index contributed by atoms with van der Waals surface area (Å²) in [4.78, 5) is 26.0. The Morgan fingerprint density at radius 2 is 1.75 bits per heavy atom. The van der Waals surface area contributed by atoms with Gasteiger partial charge < -0.3 is 10.6 Å². The summed E-state index contributed by atoms with van der Waals surface area (Å²) in [6, 6.07) is 20.5. The van der Waals surface area contributed by atoms with Crippen LogP contribution in [0.4, 0.5) is 17.1 Å². The van der Waals surface area contributed by atoms with Gasteiger partial charge in [0, 0.05) is 17.0 Å². The predicted octanol–water partition coefficient (Wildman–Crippen LogP) is 4.24. The molecule has 0 aromatic heterocycles. The summed E-state index contributed by atoms with van der Waals surface area (Å²) in [5.74, 6) is -0.554. The van der Waals surface area contributed by atoms with E-state index in [4.69, 9.17) is 0 Å². The van der Waals surface area contributed by atoms with Crippen LogP contribution in [0.1, 0.15) is 12.0 Å². The average molecular weight is 468 g/mol. The SMILES string of the molecule is Cc1ccc(NC(=O)CC2Sc3ccccc3NC2=O)cc1NS(=O)(=O)c1ccccc1. The van der Waals surface area contributed by atoms with E-state index < -0.39 is 15.3 Å². The van der Waals surface area contributed by atoms with Crippen molar-refractivity contribution >= 4 is 50.7 Å². The van der Waals surface area contributed by atoms with Crippen molar-refractivity contribution in [1.82, 2.24) is 0 Å². The van der Waals surface area contributed by atoms with E-state index in [0.717, 1.165) is 10.6 Å². The van der Waals surface area contributed by atoms with Crippen LogP contribution < -0.4 is 15.4 Å². The Morgan fingerprint density at radius 1 is 1.03 bits per heavy atom. The van der Waals surface area contributed by atoms with E-state index in [1.54, 1.807) is 43.3 Å². The minimum absolute atomic E-state index is 0.0101. The van der Waals surface area contributed by atoms with Crippen LogP contribution in [-0.4, -0.2) is 25.5 Å². The van der Waals surface area contributed by atoms with Crippen LogP contribution in [0.2, 0.25) is 0 Å². The Balaban J connectivity index is 1.45. The van der Waals surface area contributed by atoms with E-state index in [9.17, 15) is 18.0 Å². The molecule has 9 heteroatoms. The van der Waals surface area contributed by atoms with Crippen molar-refractivity contribution in [2.24, 2.45) is 0 Å². The Kier molecular flexibility index (Phi) is 6.20. The fourth-order valence-electron chi connectivity index (χ4n) is 3.22. The zero-order valence-electron chi connectivity index (χ0n) is 17.2. The van der Waals surface area contributed by atoms with Gasteiger partial charge in [-0.15, -0.1) is 11.8 Å². The number of carbonyl (C=O) groups is 2. The molecule has 0 fully saturated rings. The molecule has 1 aliphatic heterocycles. The highest BCUT2D eigenvalue weighted by atomic mass is 32.2. The fraction of sp³-hybridized carbons (Fsp3) is 0.130. The summed E-state index contributed by atoms with van der Waals surface area (Å²) in [6.45, 7) is 1.77. The summed E-state index contributed by atoms with van der Waals surface area (Å²) in [5.41, 5.74) is 2.26. The van der Waals surface area contributed by atoms with Crippen molar-refractivity contribution in [3.63, 3.8) is 0 Å². The molecule has 3 aromatic carbocycles. The number of anilines is 3. The molecule has 1 unspecified atom stereocenters. The fourth-order valence-corrected chi connectivity index (χ4v) is 5.47. The Labute approximate surface area is 190 Å². The van der Waals surface area contributed by atoms with Crippen LogP contribution >= 0.6 is 11.8 Å². The number of nitrogens with one attached hydrogen (secondary N) is 3. The van der Waals surface area contributed by atoms with E-state index in [1.807, 2.05) is 24.3 Å². The number of hydrogen-bond donors (Lipinski definition) is 3. The Morgan fingerprint density at radius 3 is 2.53 bits per heavy atom. The van der Waals surface area contributed by atoms with Crippen molar-refractivity contribution in [2.75, 3.05) is 15.4 Å². The van der Waals surface area contributed by atoms with Crippen LogP contribution in [-0.2, 0) is 19.6 Å². The molecule has 2 amide bonds. The third kappa shape index (κ3) is 4.95. The molecule has 32 heavy (non-hydrogen) atoms. The zero-order chi connectivity index (χ0) is 22.7. The number of aryl methyl sites for hydroxylation is 1. The first-order chi connectivity index (χ1) is 15.3. The monoisotopic (exact) mass is 467 g/mol. The molecule has 0 aliphatic carbocycles. The average Bonchev–Trinajstić information content (AvgIpc) is 2.77. The van der Waals surface area contributed by atoms with Crippen molar-refractivity contribution in [2.45, 2.75) is 28.4 Å². The summed E-state index contributed by atoms with van der Waals surface area (Å²) >= 11 is 1.35. The third-order valence-electron chi connectivity index (χ3n) is 4.90. The molecule has 0 saturated carbocycles. The van der Waals surface area contributed by atoms with Gasteiger partial charge in [-0.1, -0.05) is 36.4 Å².